The Morgan fingerprint density at radius 1 is 1.18 bits per heavy atom. The second-order valence-corrected chi connectivity index (χ2v) is 5.64. The summed E-state index contributed by atoms with van der Waals surface area (Å²) in [4.78, 5) is 23.3. The van der Waals surface area contributed by atoms with E-state index >= 15 is 0 Å². The van der Waals surface area contributed by atoms with Gasteiger partial charge in [-0.1, -0.05) is 0 Å². The van der Waals surface area contributed by atoms with Gasteiger partial charge in [-0.2, -0.15) is 0 Å². The smallest absolute Gasteiger partial charge is 0.407 e. The highest BCUT2D eigenvalue weighted by Crippen LogP contribution is 2.21. The second-order valence-electron chi connectivity index (χ2n) is 5.64. The molecular formula is C15H23N3O4. The number of ether oxygens (including phenoxy) is 2. The van der Waals surface area contributed by atoms with Crippen LogP contribution in [-0.2, 0) is 4.74 Å². The van der Waals surface area contributed by atoms with Crippen LogP contribution in [0.25, 0.3) is 0 Å². The Kier molecular flexibility index (Phi) is 6.03. The van der Waals surface area contributed by atoms with Gasteiger partial charge in [0.15, 0.2) is 0 Å². The van der Waals surface area contributed by atoms with Crippen molar-refractivity contribution in [1.82, 2.24) is 10.6 Å². The predicted molar refractivity (Wildman–Crippen MR) is 84.0 cm³/mol. The van der Waals surface area contributed by atoms with Gasteiger partial charge >= 0.3 is 6.09 Å². The number of nitrogen functional groups attached to an aromatic ring is 1. The fraction of sp³-hybridized carbons (Fsp3) is 0.467. The minimum absolute atomic E-state index is 0.270. The summed E-state index contributed by atoms with van der Waals surface area (Å²) in [5.41, 5.74) is 6.01. The molecule has 0 aliphatic carbocycles. The van der Waals surface area contributed by atoms with Crippen molar-refractivity contribution in [2.24, 2.45) is 0 Å². The first-order valence-corrected chi connectivity index (χ1v) is 6.91. The summed E-state index contributed by atoms with van der Waals surface area (Å²) < 4.78 is 10.1. The summed E-state index contributed by atoms with van der Waals surface area (Å²) >= 11 is 0. The molecule has 0 spiro atoms. The summed E-state index contributed by atoms with van der Waals surface area (Å²) in [7, 11) is 1.51. The van der Waals surface area contributed by atoms with Gasteiger partial charge in [-0.05, 0) is 39.0 Å². The first kappa shape index (κ1) is 17.6. The molecule has 7 heteroatoms. The normalized spacial score (nSPS) is 10.7. The van der Waals surface area contributed by atoms with Gasteiger partial charge in [0, 0.05) is 18.7 Å². The Morgan fingerprint density at radius 2 is 1.82 bits per heavy atom. The van der Waals surface area contributed by atoms with Crippen LogP contribution in [0.1, 0.15) is 31.1 Å². The molecule has 1 aromatic rings. The highest BCUT2D eigenvalue weighted by Gasteiger charge is 2.15. The molecule has 1 aromatic carbocycles. The van der Waals surface area contributed by atoms with Crippen LogP contribution in [0.5, 0.6) is 5.75 Å². The number of rotatable bonds is 5. The molecule has 0 aliphatic rings. The molecule has 0 saturated heterocycles. The van der Waals surface area contributed by atoms with E-state index in [-0.39, 0.29) is 19.0 Å². The van der Waals surface area contributed by atoms with E-state index < -0.39 is 11.7 Å². The minimum Gasteiger partial charge on any atom is -0.495 e. The minimum atomic E-state index is -0.548. The second kappa shape index (κ2) is 7.53. The van der Waals surface area contributed by atoms with E-state index in [1.54, 1.807) is 32.9 Å². The lowest BCUT2D eigenvalue weighted by Gasteiger charge is -2.19. The van der Waals surface area contributed by atoms with Crippen LogP contribution in [-0.4, -0.2) is 37.8 Å². The van der Waals surface area contributed by atoms with Gasteiger partial charge in [0.2, 0.25) is 0 Å². The van der Waals surface area contributed by atoms with Crippen molar-refractivity contribution in [3.8, 4) is 5.75 Å². The van der Waals surface area contributed by atoms with Gasteiger partial charge in [0.1, 0.15) is 11.4 Å². The predicted octanol–water partition coefficient (Wildman–Crippen LogP) is 1.53. The Hall–Kier alpha value is -2.44. The van der Waals surface area contributed by atoms with Crippen molar-refractivity contribution >= 4 is 17.7 Å². The van der Waals surface area contributed by atoms with Crippen molar-refractivity contribution < 1.29 is 19.1 Å². The van der Waals surface area contributed by atoms with Crippen LogP contribution in [0.15, 0.2) is 18.2 Å². The highest BCUT2D eigenvalue weighted by atomic mass is 16.6. The number of alkyl carbamates (subject to hydrolysis) is 1. The summed E-state index contributed by atoms with van der Waals surface area (Å²) in [5.74, 6) is 0.239. The van der Waals surface area contributed by atoms with Gasteiger partial charge in [-0.25, -0.2) is 4.79 Å². The van der Waals surface area contributed by atoms with Crippen LogP contribution in [0.3, 0.4) is 0 Å². The molecular weight excluding hydrogens is 286 g/mol. The average molecular weight is 309 g/mol. The number of anilines is 1. The molecule has 0 heterocycles. The lowest BCUT2D eigenvalue weighted by atomic mass is 10.2. The van der Waals surface area contributed by atoms with E-state index in [2.05, 4.69) is 10.6 Å². The number of nitrogens with one attached hydrogen (secondary N) is 2. The number of carbonyl (C=O) groups excluding carboxylic acids is 2. The molecule has 0 unspecified atom stereocenters. The maximum absolute atomic E-state index is 11.9. The number of hydrogen-bond acceptors (Lipinski definition) is 5. The topological polar surface area (TPSA) is 103 Å². The number of benzene rings is 1. The van der Waals surface area contributed by atoms with Gasteiger partial charge in [-0.15, -0.1) is 0 Å². The van der Waals surface area contributed by atoms with E-state index in [0.717, 1.165) is 0 Å². The van der Waals surface area contributed by atoms with Crippen molar-refractivity contribution in [3.05, 3.63) is 23.8 Å². The van der Waals surface area contributed by atoms with Crippen molar-refractivity contribution in [2.75, 3.05) is 25.9 Å². The number of methoxy groups -OCH3 is 1. The van der Waals surface area contributed by atoms with E-state index in [9.17, 15) is 9.59 Å². The number of hydrogen-bond donors (Lipinski definition) is 3. The van der Waals surface area contributed by atoms with E-state index in [0.29, 0.717) is 17.0 Å². The molecule has 0 atom stereocenters. The molecule has 2 amide bonds. The van der Waals surface area contributed by atoms with Crippen LogP contribution >= 0.6 is 0 Å². The Labute approximate surface area is 130 Å². The van der Waals surface area contributed by atoms with Crippen LogP contribution in [0.2, 0.25) is 0 Å². The van der Waals surface area contributed by atoms with Crippen molar-refractivity contribution in [2.45, 2.75) is 26.4 Å². The SMILES string of the molecule is COc1ccc(C(=O)NCCNC(=O)OC(C)(C)C)cc1N. The zero-order valence-electron chi connectivity index (χ0n) is 13.4. The zero-order chi connectivity index (χ0) is 16.8. The summed E-state index contributed by atoms with van der Waals surface area (Å²) in [6, 6.07) is 4.78. The molecule has 22 heavy (non-hydrogen) atoms. The van der Waals surface area contributed by atoms with Gasteiger partial charge in [0.25, 0.3) is 5.91 Å². The molecule has 0 aromatic heterocycles. The number of carbonyl (C=O) groups is 2. The number of amides is 2. The molecule has 0 fully saturated rings. The van der Waals surface area contributed by atoms with E-state index in [1.807, 2.05) is 0 Å². The first-order chi connectivity index (χ1) is 10.2. The lowest BCUT2D eigenvalue weighted by molar-refractivity contribution is 0.0526. The van der Waals surface area contributed by atoms with Gasteiger partial charge in [0.05, 0.1) is 12.8 Å². The molecule has 0 saturated carbocycles. The van der Waals surface area contributed by atoms with Crippen molar-refractivity contribution in [1.29, 1.82) is 0 Å². The third-order valence-electron chi connectivity index (χ3n) is 2.57. The molecule has 0 bridgehead atoms. The molecule has 0 radical (unpaired) electrons. The molecule has 7 nitrogen and oxygen atoms in total. The zero-order valence-corrected chi connectivity index (χ0v) is 13.4. The summed E-state index contributed by atoms with van der Waals surface area (Å²) in [5, 5.41) is 5.23. The largest absolute Gasteiger partial charge is 0.495 e. The van der Waals surface area contributed by atoms with Crippen LogP contribution in [0, 0.1) is 0 Å². The maximum Gasteiger partial charge on any atom is 0.407 e. The Morgan fingerprint density at radius 3 is 2.36 bits per heavy atom. The number of nitrogens with two attached hydrogens (primary N) is 1. The third-order valence-corrected chi connectivity index (χ3v) is 2.57. The van der Waals surface area contributed by atoms with Gasteiger partial charge in [-0.3, -0.25) is 4.79 Å². The summed E-state index contributed by atoms with van der Waals surface area (Å²) in [6.07, 6.45) is -0.518. The molecule has 1 rings (SSSR count). The third kappa shape index (κ3) is 5.90. The molecule has 122 valence electrons. The Bertz CT molecular complexity index is 538. The fourth-order valence-electron chi connectivity index (χ4n) is 1.63. The molecule has 0 aliphatic heterocycles. The maximum atomic E-state index is 11.9. The van der Waals surface area contributed by atoms with Gasteiger partial charge < -0.3 is 25.8 Å². The first-order valence-electron chi connectivity index (χ1n) is 6.91. The van der Waals surface area contributed by atoms with Crippen LogP contribution < -0.4 is 21.1 Å². The lowest BCUT2D eigenvalue weighted by Crippen LogP contribution is -2.37. The quantitative estimate of drug-likeness (QED) is 0.565. The van der Waals surface area contributed by atoms with Crippen molar-refractivity contribution in [3.63, 3.8) is 0 Å². The van der Waals surface area contributed by atoms with E-state index in [1.165, 1.54) is 13.2 Å². The highest BCUT2D eigenvalue weighted by molar-refractivity contribution is 5.95. The van der Waals surface area contributed by atoms with Crippen LogP contribution in [0.4, 0.5) is 10.5 Å². The molecule has 4 N–H and O–H groups in total. The monoisotopic (exact) mass is 309 g/mol. The summed E-state index contributed by atoms with van der Waals surface area (Å²) in [6.45, 7) is 5.89. The standard InChI is InChI=1S/C15H23N3O4/c1-15(2,3)22-14(20)18-8-7-17-13(19)10-5-6-12(21-4)11(16)9-10/h5-6,9H,7-8,16H2,1-4H3,(H,17,19)(H,18,20). The average Bonchev–Trinajstić information content (AvgIpc) is 2.41. The fourth-order valence-corrected chi connectivity index (χ4v) is 1.63. The van der Waals surface area contributed by atoms with E-state index in [4.69, 9.17) is 15.2 Å². The Balaban J connectivity index is 2.38.